The van der Waals surface area contributed by atoms with Gasteiger partial charge in [-0.15, -0.1) is 10.2 Å². The minimum absolute atomic E-state index is 0.0943. The Bertz CT molecular complexity index is 1450. The van der Waals surface area contributed by atoms with Crippen molar-refractivity contribution < 1.29 is 4.74 Å². The molecule has 33 heavy (non-hydrogen) atoms. The van der Waals surface area contributed by atoms with Gasteiger partial charge in [-0.3, -0.25) is 9.36 Å². The highest BCUT2D eigenvalue weighted by Gasteiger charge is 2.25. The zero-order valence-electron chi connectivity index (χ0n) is 17.6. The molecule has 0 aromatic carbocycles. The average Bonchev–Trinajstić information content (AvgIpc) is 3.50. The number of ether oxygens (including phenoxy) is 1. The van der Waals surface area contributed by atoms with E-state index < -0.39 is 0 Å². The maximum Gasteiger partial charge on any atom is 0.228 e. The lowest BCUT2D eigenvalue weighted by atomic mass is 10.1. The molecule has 0 saturated heterocycles. The lowest BCUT2D eigenvalue weighted by Crippen LogP contribution is -2.13. The number of pyridine rings is 1. The normalized spacial score (nSPS) is 15.4. The largest absolute Gasteiger partial charge is 0.478 e. The van der Waals surface area contributed by atoms with Gasteiger partial charge < -0.3 is 10.1 Å². The van der Waals surface area contributed by atoms with E-state index in [1.165, 1.54) is 0 Å². The molecule has 0 bridgehead atoms. The topological polar surface area (TPSA) is 113 Å². The highest BCUT2D eigenvalue weighted by molar-refractivity contribution is 6.30. The molecule has 11 nitrogen and oxygen atoms in total. The van der Waals surface area contributed by atoms with E-state index in [1.54, 1.807) is 23.3 Å². The Hall–Kier alpha value is -3.99. The summed E-state index contributed by atoms with van der Waals surface area (Å²) >= 11 is 6.02. The quantitative estimate of drug-likeness (QED) is 0.424. The third-order valence-electron chi connectivity index (χ3n) is 5.60. The molecule has 1 aliphatic rings. The van der Waals surface area contributed by atoms with Crippen molar-refractivity contribution >= 4 is 29.0 Å². The first kappa shape index (κ1) is 19.7. The molecule has 1 atom stereocenters. The minimum Gasteiger partial charge on any atom is -0.478 e. The van der Waals surface area contributed by atoms with Crippen LogP contribution < -0.4 is 10.1 Å². The molecule has 5 aromatic heterocycles. The fourth-order valence-electron chi connectivity index (χ4n) is 3.99. The van der Waals surface area contributed by atoms with Crippen LogP contribution in [0.3, 0.4) is 0 Å². The van der Waals surface area contributed by atoms with Crippen LogP contribution in [0.1, 0.15) is 18.2 Å². The summed E-state index contributed by atoms with van der Waals surface area (Å²) < 4.78 is 11.6. The van der Waals surface area contributed by atoms with Crippen molar-refractivity contribution in [2.24, 2.45) is 7.05 Å². The molecule has 0 spiro atoms. The molecule has 166 valence electrons. The molecule has 6 heterocycles. The van der Waals surface area contributed by atoms with E-state index in [9.17, 15) is 0 Å². The van der Waals surface area contributed by atoms with Gasteiger partial charge in [0, 0.05) is 43.1 Å². The first-order valence-corrected chi connectivity index (χ1v) is 10.8. The second kappa shape index (κ2) is 7.85. The number of nitrogens with one attached hydrogen (secondary N) is 1. The lowest BCUT2D eigenvalue weighted by molar-refractivity contribution is 0.291. The van der Waals surface area contributed by atoms with Crippen LogP contribution in [0.2, 0.25) is 5.02 Å². The summed E-state index contributed by atoms with van der Waals surface area (Å²) in [5.74, 6) is 2.89. The van der Waals surface area contributed by atoms with E-state index in [0.29, 0.717) is 35.6 Å². The molecule has 0 unspecified atom stereocenters. The molecule has 0 saturated carbocycles. The van der Waals surface area contributed by atoms with E-state index in [-0.39, 0.29) is 5.92 Å². The van der Waals surface area contributed by atoms with Gasteiger partial charge in [0.05, 0.1) is 36.3 Å². The van der Waals surface area contributed by atoms with Crippen molar-refractivity contribution in [1.29, 1.82) is 0 Å². The first-order chi connectivity index (χ1) is 16.1. The number of anilines is 2. The molecular formula is C21H19ClN10O. The number of halogens is 1. The van der Waals surface area contributed by atoms with Gasteiger partial charge in [0.1, 0.15) is 11.6 Å². The van der Waals surface area contributed by atoms with E-state index in [0.717, 1.165) is 29.3 Å². The third-order valence-corrected chi connectivity index (χ3v) is 5.79. The van der Waals surface area contributed by atoms with Gasteiger partial charge in [-0.1, -0.05) is 11.6 Å². The second-order valence-electron chi connectivity index (χ2n) is 7.78. The van der Waals surface area contributed by atoms with Crippen LogP contribution in [0.5, 0.6) is 5.88 Å². The minimum atomic E-state index is 0.0943. The maximum absolute atomic E-state index is 6.10. The zero-order chi connectivity index (χ0) is 22.4. The van der Waals surface area contributed by atoms with Gasteiger partial charge in [0.2, 0.25) is 11.8 Å². The van der Waals surface area contributed by atoms with Crippen LogP contribution >= 0.6 is 11.6 Å². The molecule has 0 fully saturated rings. The molecule has 0 aliphatic carbocycles. The molecule has 0 radical (unpaired) electrons. The molecule has 12 heteroatoms. The van der Waals surface area contributed by atoms with Crippen LogP contribution in [-0.2, 0) is 13.6 Å². The molecule has 6 rings (SSSR count). The number of hydrogen-bond donors (Lipinski definition) is 1. The molecule has 1 N–H and O–H groups in total. The van der Waals surface area contributed by atoms with Crippen molar-refractivity contribution in [2.45, 2.75) is 18.9 Å². The van der Waals surface area contributed by atoms with E-state index in [2.05, 4.69) is 35.7 Å². The van der Waals surface area contributed by atoms with Crippen molar-refractivity contribution in [2.75, 3.05) is 11.9 Å². The summed E-state index contributed by atoms with van der Waals surface area (Å²) in [5.41, 5.74) is 2.31. The first-order valence-electron chi connectivity index (χ1n) is 10.4. The van der Waals surface area contributed by atoms with Crippen LogP contribution in [0, 0.1) is 0 Å². The molecular weight excluding hydrogens is 444 g/mol. The number of hydrogen-bond acceptors (Lipinski definition) is 8. The zero-order valence-corrected chi connectivity index (χ0v) is 18.4. The summed E-state index contributed by atoms with van der Waals surface area (Å²) in [6.07, 6.45) is 7.65. The number of aryl methyl sites for hydroxylation is 1. The predicted molar refractivity (Wildman–Crippen MR) is 121 cm³/mol. The summed E-state index contributed by atoms with van der Waals surface area (Å²) in [5, 5.41) is 21.1. The monoisotopic (exact) mass is 462 g/mol. The maximum atomic E-state index is 6.10. The van der Waals surface area contributed by atoms with Crippen molar-refractivity contribution in [3.05, 3.63) is 59.9 Å². The summed E-state index contributed by atoms with van der Waals surface area (Å²) in [4.78, 5) is 8.98. The predicted octanol–water partition coefficient (Wildman–Crippen LogP) is 3.08. The van der Waals surface area contributed by atoms with Gasteiger partial charge in [-0.05, 0) is 18.6 Å². The Kier molecular flexibility index (Phi) is 4.68. The lowest BCUT2D eigenvalue weighted by Gasteiger charge is -2.12. The number of rotatable bonds is 5. The summed E-state index contributed by atoms with van der Waals surface area (Å²) in [6.45, 7) is 1.20. The van der Waals surface area contributed by atoms with Gasteiger partial charge in [0.15, 0.2) is 5.65 Å². The molecule has 0 amide bonds. The summed E-state index contributed by atoms with van der Waals surface area (Å²) in [6, 6.07) is 7.62. The van der Waals surface area contributed by atoms with Crippen LogP contribution in [0.4, 0.5) is 11.8 Å². The van der Waals surface area contributed by atoms with Crippen molar-refractivity contribution in [1.82, 2.24) is 44.1 Å². The molecule has 1 aliphatic heterocycles. The average molecular weight is 463 g/mol. The summed E-state index contributed by atoms with van der Waals surface area (Å²) in [7, 11) is 1.85. The Morgan fingerprint density at radius 2 is 2.12 bits per heavy atom. The van der Waals surface area contributed by atoms with E-state index in [1.807, 2.05) is 46.6 Å². The standard InChI is InChI=1S/C21H19ClN10O/c1-30-17(3-6-24-30)27-21-23-5-2-16(26-21)14-8-18-28-29-20-13(11-31-12-15(22)10-25-31)4-7-33-19(9-14)32(18)20/h2-3,5-6,8-10,12-13H,4,7,11H2,1H3,(H,23,26,27)/t13-/m1/s1. The highest BCUT2D eigenvalue weighted by atomic mass is 35.5. The van der Waals surface area contributed by atoms with Crippen molar-refractivity contribution in [3.8, 4) is 17.1 Å². The number of nitrogens with zero attached hydrogens (tertiary/aromatic N) is 9. The van der Waals surface area contributed by atoms with Crippen molar-refractivity contribution in [3.63, 3.8) is 0 Å². The highest BCUT2D eigenvalue weighted by Crippen LogP contribution is 2.32. The molecule has 5 aromatic rings. The van der Waals surface area contributed by atoms with E-state index >= 15 is 0 Å². The van der Waals surface area contributed by atoms with Crippen LogP contribution in [0.25, 0.3) is 16.9 Å². The third kappa shape index (κ3) is 3.65. The fourth-order valence-corrected chi connectivity index (χ4v) is 4.14. The van der Waals surface area contributed by atoms with Gasteiger partial charge in [-0.2, -0.15) is 10.2 Å². The SMILES string of the molecule is Cn1nccc1Nc1nccc(-c2cc3n4c(nnc4c2)[C@@H](Cn2cc(Cl)cn2)CCO3)n1. The Morgan fingerprint density at radius 3 is 2.94 bits per heavy atom. The van der Waals surface area contributed by atoms with E-state index in [4.69, 9.17) is 16.3 Å². The Balaban J connectivity index is 1.35. The van der Waals surface area contributed by atoms with Gasteiger partial charge >= 0.3 is 0 Å². The Labute approximate surface area is 193 Å². The fraction of sp³-hybridized carbons (Fsp3) is 0.238. The number of aromatic nitrogens is 9. The van der Waals surface area contributed by atoms with Gasteiger partial charge in [0.25, 0.3) is 0 Å². The van der Waals surface area contributed by atoms with Gasteiger partial charge in [-0.25, -0.2) is 14.4 Å². The smallest absolute Gasteiger partial charge is 0.228 e. The Morgan fingerprint density at radius 1 is 1.18 bits per heavy atom. The van der Waals surface area contributed by atoms with Crippen LogP contribution in [0.15, 0.2) is 49.1 Å². The van der Waals surface area contributed by atoms with Crippen LogP contribution in [-0.4, -0.2) is 50.7 Å². The second-order valence-corrected chi connectivity index (χ2v) is 8.22.